The van der Waals surface area contributed by atoms with Crippen molar-refractivity contribution in [2.75, 3.05) is 39.3 Å². The molecule has 2 aromatic heterocycles. The first-order chi connectivity index (χ1) is 10.3. The van der Waals surface area contributed by atoms with Gasteiger partial charge in [0.25, 0.3) is 5.91 Å². The molecule has 0 unspecified atom stereocenters. The zero-order valence-electron chi connectivity index (χ0n) is 11.7. The Kier molecular flexibility index (Phi) is 4.97. The predicted molar refractivity (Wildman–Crippen MR) is 87.1 cm³/mol. The minimum Gasteiger partial charge on any atom is -0.349 e. The number of hydrogen-bond acceptors (Lipinski definition) is 6. The van der Waals surface area contributed by atoms with Crippen molar-refractivity contribution in [2.24, 2.45) is 0 Å². The van der Waals surface area contributed by atoms with Crippen LogP contribution in [0.1, 0.15) is 10.5 Å². The first-order valence-corrected chi connectivity index (χ1v) is 8.79. The van der Waals surface area contributed by atoms with Crippen molar-refractivity contribution in [2.45, 2.75) is 0 Å². The number of hydrogen-bond donors (Lipinski definition) is 2. The summed E-state index contributed by atoms with van der Waals surface area (Å²) in [6.07, 6.45) is 0. The minimum atomic E-state index is -0.0795. The number of thiazole rings is 1. The van der Waals surface area contributed by atoms with Crippen molar-refractivity contribution in [1.29, 1.82) is 0 Å². The van der Waals surface area contributed by atoms with E-state index < -0.39 is 0 Å². The van der Waals surface area contributed by atoms with Gasteiger partial charge in [0.2, 0.25) is 0 Å². The molecular weight excluding hydrogens is 304 g/mol. The van der Waals surface area contributed by atoms with E-state index in [0.29, 0.717) is 12.2 Å². The first kappa shape index (κ1) is 14.6. The molecule has 21 heavy (non-hydrogen) atoms. The summed E-state index contributed by atoms with van der Waals surface area (Å²) in [6.45, 7) is 5.73. The predicted octanol–water partition coefficient (Wildman–Crippen LogP) is 1.51. The minimum absolute atomic E-state index is 0.0795. The van der Waals surface area contributed by atoms with Gasteiger partial charge in [-0.3, -0.25) is 9.69 Å². The number of nitrogens with zero attached hydrogens (tertiary/aromatic N) is 2. The molecule has 3 rings (SSSR count). The van der Waals surface area contributed by atoms with E-state index in [1.165, 1.54) is 11.3 Å². The lowest BCUT2D eigenvalue weighted by molar-refractivity contribution is 0.0943. The van der Waals surface area contributed by atoms with E-state index in [1.807, 2.05) is 22.9 Å². The van der Waals surface area contributed by atoms with Crippen molar-refractivity contribution < 1.29 is 4.79 Å². The lowest BCUT2D eigenvalue weighted by Crippen LogP contribution is -2.46. The van der Waals surface area contributed by atoms with Crippen LogP contribution in [-0.2, 0) is 0 Å². The van der Waals surface area contributed by atoms with Crippen molar-refractivity contribution in [1.82, 2.24) is 20.5 Å². The summed E-state index contributed by atoms with van der Waals surface area (Å²) in [4.78, 5) is 20.0. The van der Waals surface area contributed by atoms with E-state index in [1.54, 1.807) is 11.3 Å². The molecule has 1 fully saturated rings. The number of carbonyl (C=O) groups is 1. The van der Waals surface area contributed by atoms with Gasteiger partial charge in [0.15, 0.2) is 0 Å². The lowest BCUT2D eigenvalue weighted by atomic mass is 10.3. The average Bonchev–Trinajstić information content (AvgIpc) is 3.19. The van der Waals surface area contributed by atoms with E-state index in [0.717, 1.165) is 42.6 Å². The highest BCUT2D eigenvalue weighted by molar-refractivity contribution is 7.20. The molecule has 2 aromatic rings. The Morgan fingerprint density at radius 3 is 3.00 bits per heavy atom. The zero-order valence-corrected chi connectivity index (χ0v) is 13.3. The standard InChI is InChI=1S/C14H18N4OS2/c19-13(16-5-8-18-6-3-15-4-7-18)11-10-21-14(17-11)12-2-1-9-20-12/h1-2,9-10,15H,3-8H2,(H,16,19). The third kappa shape index (κ3) is 3.88. The molecule has 2 N–H and O–H groups in total. The number of thiophene rings is 1. The number of rotatable bonds is 5. The first-order valence-electron chi connectivity index (χ1n) is 7.03. The van der Waals surface area contributed by atoms with Gasteiger partial charge in [0, 0.05) is 44.6 Å². The zero-order chi connectivity index (χ0) is 14.5. The molecule has 0 atom stereocenters. The molecular formula is C14H18N4OS2. The Bertz CT molecular complexity index is 576. The summed E-state index contributed by atoms with van der Waals surface area (Å²) < 4.78 is 0. The van der Waals surface area contributed by atoms with Crippen molar-refractivity contribution in [3.8, 4) is 9.88 Å². The van der Waals surface area contributed by atoms with Gasteiger partial charge in [-0.05, 0) is 11.4 Å². The Hall–Kier alpha value is -1.28. The van der Waals surface area contributed by atoms with Crippen LogP contribution in [0.25, 0.3) is 9.88 Å². The molecule has 0 aliphatic carbocycles. The molecule has 0 radical (unpaired) electrons. The number of piperazine rings is 1. The van der Waals surface area contributed by atoms with E-state index in [4.69, 9.17) is 0 Å². The van der Waals surface area contributed by atoms with E-state index in [9.17, 15) is 4.79 Å². The summed E-state index contributed by atoms with van der Waals surface area (Å²) in [5.41, 5.74) is 0.517. The van der Waals surface area contributed by atoms with Crippen LogP contribution in [-0.4, -0.2) is 55.1 Å². The maximum Gasteiger partial charge on any atom is 0.270 e. The molecule has 3 heterocycles. The second kappa shape index (κ2) is 7.13. The topological polar surface area (TPSA) is 57.3 Å². The van der Waals surface area contributed by atoms with Gasteiger partial charge in [-0.2, -0.15) is 0 Å². The summed E-state index contributed by atoms with van der Waals surface area (Å²) in [5.74, 6) is -0.0795. The number of amides is 1. The molecule has 1 aliphatic rings. The fraction of sp³-hybridized carbons (Fsp3) is 0.429. The Balaban J connectivity index is 1.49. The second-order valence-electron chi connectivity index (χ2n) is 4.86. The number of carbonyl (C=O) groups excluding carboxylic acids is 1. The summed E-state index contributed by atoms with van der Waals surface area (Å²) in [6, 6.07) is 4.02. The monoisotopic (exact) mass is 322 g/mol. The maximum atomic E-state index is 12.1. The highest BCUT2D eigenvalue weighted by atomic mass is 32.1. The summed E-state index contributed by atoms with van der Waals surface area (Å²) in [5, 5.41) is 11.0. The molecule has 0 spiro atoms. The van der Waals surface area contributed by atoms with Gasteiger partial charge >= 0.3 is 0 Å². The fourth-order valence-electron chi connectivity index (χ4n) is 2.24. The molecule has 5 nitrogen and oxygen atoms in total. The highest BCUT2D eigenvalue weighted by Crippen LogP contribution is 2.27. The smallest absolute Gasteiger partial charge is 0.270 e. The molecule has 1 aliphatic heterocycles. The Labute approximate surface area is 132 Å². The lowest BCUT2D eigenvalue weighted by Gasteiger charge is -2.26. The van der Waals surface area contributed by atoms with Crippen molar-refractivity contribution in [3.05, 3.63) is 28.6 Å². The van der Waals surface area contributed by atoms with Crippen LogP contribution in [0.3, 0.4) is 0 Å². The van der Waals surface area contributed by atoms with Crippen LogP contribution in [0.5, 0.6) is 0 Å². The molecule has 0 aromatic carbocycles. The normalized spacial score (nSPS) is 16.0. The molecule has 0 saturated carbocycles. The van der Waals surface area contributed by atoms with Gasteiger partial charge in [-0.1, -0.05) is 6.07 Å². The van der Waals surface area contributed by atoms with Crippen LogP contribution in [0.15, 0.2) is 22.9 Å². The Morgan fingerprint density at radius 1 is 1.38 bits per heavy atom. The van der Waals surface area contributed by atoms with Gasteiger partial charge in [-0.15, -0.1) is 22.7 Å². The third-order valence-electron chi connectivity index (χ3n) is 3.39. The van der Waals surface area contributed by atoms with Gasteiger partial charge in [0.1, 0.15) is 10.7 Å². The van der Waals surface area contributed by atoms with Gasteiger partial charge < -0.3 is 10.6 Å². The Morgan fingerprint density at radius 2 is 2.24 bits per heavy atom. The fourth-order valence-corrected chi connectivity index (χ4v) is 3.86. The van der Waals surface area contributed by atoms with Crippen LogP contribution in [0, 0.1) is 0 Å². The van der Waals surface area contributed by atoms with E-state index in [-0.39, 0.29) is 5.91 Å². The van der Waals surface area contributed by atoms with Crippen LogP contribution < -0.4 is 10.6 Å². The average molecular weight is 322 g/mol. The highest BCUT2D eigenvalue weighted by Gasteiger charge is 2.13. The summed E-state index contributed by atoms with van der Waals surface area (Å²) >= 11 is 3.16. The number of aromatic nitrogens is 1. The van der Waals surface area contributed by atoms with Gasteiger partial charge in [-0.25, -0.2) is 4.98 Å². The van der Waals surface area contributed by atoms with Crippen LogP contribution in [0.4, 0.5) is 0 Å². The molecule has 0 bridgehead atoms. The van der Waals surface area contributed by atoms with Gasteiger partial charge in [0.05, 0.1) is 4.88 Å². The van der Waals surface area contributed by atoms with Crippen molar-refractivity contribution in [3.63, 3.8) is 0 Å². The number of nitrogens with one attached hydrogen (secondary N) is 2. The second-order valence-corrected chi connectivity index (χ2v) is 6.67. The largest absolute Gasteiger partial charge is 0.349 e. The quantitative estimate of drug-likeness (QED) is 0.876. The molecule has 112 valence electrons. The SMILES string of the molecule is O=C(NCCN1CCNCC1)c1csc(-c2cccs2)n1. The van der Waals surface area contributed by atoms with E-state index >= 15 is 0 Å². The molecule has 7 heteroatoms. The van der Waals surface area contributed by atoms with E-state index in [2.05, 4.69) is 20.5 Å². The summed E-state index contributed by atoms with van der Waals surface area (Å²) in [7, 11) is 0. The maximum absolute atomic E-state index is 12.1. The molecule has 1 saturated heterocycles. The third-order valence-corrected chi connectivity index (χ3v) is 5.27. The molecule has 1 amide bonds. The van der Waals surface area contributed by atoms with Crippen LogP contribution in [0.2, 0.25) is 0 Å². The van der Waals surface area contributed by atoms with Crippen LogP contribution >= 0.6 is 22.7 Å². The van der Waals surface area contributed by atoms with Crippen molar-refractivity contribution >= 4 is 28.6 Å².